The average Bonchev–Trinajstić information content (AvgIpc) is 1.94. The molecule has 1 rings (SSSR count). The molecular formula is C7H4ClFO. The van der Waals surface area contributed by atoms with Crippen LogP contribution < -0.4 is 0 Å². The highest BCUT2D eigenvalue weighted by molar-refractivity contribution is 6.33. The van der Waals surface area contributed by atoms with Crippen molar-refractivity contribution in [1.29, 1.82) is 0 Å². The Kier molecular flexibility index (Phi) is 1.64. The van der Waals surface area contributed by atoms with E-state index in [4.69, 9.17) is 13.0 Å². The number of halogens is 2. The van der Waals surface area contributed by atoms with Gasteiger partial charge in [0.15, 0.2) is 6.26 Å². The lowest BCUT2D eigenvalue weighted by atomic mass is 10.2. The molecule has 0 saturated carbocycles. The minimum atomic E-state index is -0.977. The van der Waals surface area contributed by atoms with Crippen molar-refractivity contribution < 1.29 is 10.6 Å². The minimum Gasteiger partial charge on any atom is -0.298 e. The Labute approximate surface area is 63.8 Å². The van der Waals surface area contributed by atoms with E-state index >= 15 is 0 Å². The summed E-state index contributed by atoms with van der Waals surface area (Å²) in [7, 11) is 0. The molecule has 0 fully saturated rings. The highest BCUT2D eigenvalue weighted by atomic mass is 35.5. The third kappa shape index (κ3) is 1.16. The molecular weight excluding hydrogens is 155 g/mol. The molecule has 10 heavy (non-hydrogen) atoms. The van der Waals surface area contributed by atoms with Gasteiger partial charge in [-0.1, -0.05) is 17.7 Å². The van der Waals surface area contributed by atoms with Gasteiger partial charge >= 0.3 is 0 Å². The summed E-state index contributed by atoms with van der Waals surface area (Å²) in [4.78, 5) is 10.4. The van der Waals surface area contributed by atoms with E-state index in [9.17, 15) is 9.18 Å². The van der Waals surface area contributed by atoms with Gasteiger partial charge in [0.2, 0.25) is 0 Å². The summed E-state index contributed by atoms with van der Waals surface area (Å²) >= 11 is 5.37. The zero-order chi connectivity index (χ0) is 8.43. The third-order valence-corrected chi connectivity index (χ3v) is 1.45. The van der Waals surface area contributed by atoms with E-state index in [-0.39, 0.29) is 10.6 Å². The van der Waals surface area contributed by atoms with E-state index in [1.165, 1.54) is 12.1 Å². The first kappa shape index (κ1) is 5.86. The van der Waals surface area contributed by atoms with Crippen LogP contribution in [0.5, 0.6) is 0 Å². The summed E-state index contributed by atoms with van der Waals surface area (Å²) in [6.07, 6.45) is -0.977. The van der Waals surface area contributed by atoms with Gasteiger partial charge in [-0.05, 0) is 12.1 Å². The fourth-order valence-corrected chi connectivity index (χ4v) is 0.747. The minimum absolute atomic E-state index is 0.105. The molecule has 0 N–H and O–H groups in total. The maximum atomic E-state index is 12.6. The summed E-state index contributed by atoms with van der Waals surface area (Å²) in [6, 6.07) is 3.78. The predicted molar refractivity (Wildman–Crippen MR) is 36.8 cm³/mol. The van der Waals surface area contributed by atoms with E-state index in [0.717, 1.165) is 6.07 Å². The molecule has 3 heteroatoms. The largest absolute Gasteiger partial charge is 0.298 e. The van der Waals surface area contributed by atoms with Crippen molar-refractivity contribution in [2.75, 3.05) is 0 Å². The second-order valence-electron chi connectivity index (χ2n) is 1.70. The molecule has 0 atom stereocenters. The number of hydrogen-bond donors (Lipinski definition) is 0. The molecule has 0 radical (unpaired) electrons. The Hall–Kier alpha value is -0.890. The molecule has 0 heterocycles. The van der Waals surface area contributed by atoms with Gasteiger partial charge in [0.1, 0.15) is 7.19 Å². The van der Waals surface area contributed by atoms with Gasteiger partial charge in [-0.3, -0.25) is 4.79 Å². The van der Waals surface area contributed by atoms with Crippen molar-refractivity contribution in [2.24, 2.45) is 0 Å². The zero-order valence-corrected chi connectivity index (χ0v) is 5.65. The summed E-state index contributed by atoms with van der Waals surface area (Å²) in [5.41, 5.74) is -0.105. The Balaban J connectivity index is 3.27. The average molecular weight is 160 g/mol. The Morgan fingerprint density at radius 2 is 2.40 bits per heavy atom. The molecule has 1 nitrogen and oxygen atoms in total. The van der Waals surface area contributed by atoms with E-state index in [1.807, 2.05) is 0 Å². The Morgan fingerprint density at radius 3 is 2.90 bits per heavy atom. The normalized spacial score (nSPS) is 10.8. The van der Waals surface area contributed by atoms with Gasteiger partial charge in [0, 0.05) is 5.56 Å². The second kappa shape index (κ2) is 2.80. The number of aldehydes is 1. The van der Waals surface area contributed by atoms with Crippen molar-refractivity contribution in [3.63, 3.8) is 0 Å². The van der Waals surface area contributed by atoms with Crippen LogP contribution in [-0.4, -0.2) is 6.26 Å². The SMILES string of the molecule is [2H]C(=O)c1cccc(F)c1Cl. The Morgan fingerprint density at radius 1 is 1.70 bits per heavy atom. The maximum Gasteiger partial charge on any atom is 0.151 e. The number of carbonyl (C=O) groups is 1. The zero-order valence-electron chi connectivity index (χ0n) is 5.90. The van der Waals surface area contributed by atoms with Crippen LogP contribution in [0.1, 0.15) is 11.7 Å². The van der Waals surface area contributed by atoms with E-state index in [0.29, 0.717) is 0 Å². The number of hydrogen-bond acceptors (Lipinski definition) is 1. The molecule has 1 aromatic carbocycles. The van der Waals surface area contributed by atoms with E-state index in [2.05, 4.69) is 0 Å². The van der Waals surface area contributed by atoms with E-state index < -0.39 is 12.1 Å². The molecule has 0 spiro atoms. The summed E-state index contributed by atoms with van der Waals surface area (Å²) in [5, 5.41) is -0.285. The van der Waals surface area contributed by atoms with Gasteiger partial charge in [-0.25, -0.2) is 4.39 Å². The molecule has 0 aliphatic carbocycles. The second-order valence-corrected chi connectivity index (χ2v) is 2.08. The van der Waals surface area contributed by atoms with Crippen molar-refractivity contribution in [1.82, 2.24) is 0 Å². The van der Waals surface area contributed by atoms with Crippen molar-refractivity contribution in [2.45, 2.75) is 0 Å². The molecule has 0 saturated heterocycles. The van der Waals surface area contributed by atoms with Crippen LogP contribution in [0, 0.1) is 5.82 Å². The lowest BCUT2D eigenvalue weighted by molar-refractivity contribution is 0.112. The van der Waals surface area contributed by atoms with Crippen LogP contribution in [0.3, 0.4) is 0 Å². The van der Waals surface area contributed by atoms with Crippen molar-refractivity contribution in [3.05, 3.63) is 34.6 Å². The summed E-state index contributed by atoms with van der Waals surface area (Å²) in [5.74, 6) is -0.676. The third-order valence-electron chi connectivity index (χ3n) is 1.06. The number of rotatable bonds is 1. The molecule has 0 aromatic heterocycles. The molecule has 1 aromatic rings. The fraction of sp³-hybridized carbons (Fsp3) is 0. The maximum absolute atomic E-state index is 12.6. The molecule has 0 bridgehead atoms. The molecule has 0 aliphatic rings. The van der Waals surface area contributed by atoms with E-state index in [1.54, 1.807) is 0 Å². The number of carbonyl (C=O) groups excluding carboxylic acids is 1. The number of benzene rings is 1. The topological polar surface area (TPSA) is 17.1 Å². The summed E-state index contributed by atoms with van der Waals surface area (Å²) in [6.45, 7) is 0. The van der Waals surface area contributed by atoms with Gasteiger partial charge < -0.3 is 0 Å². The van der Waals surface area contributed by atoms with Crippen LogP contribution in [0.25, 0.3) is 0 Å². The first-order chi connectivity index (χ1) is 5.13. The van der Waals surface area contributed by atoms with Crippen LogP contribution in [0.2, 0.25) is 5.02 Å². The molecule has 52 valence electrons. The van der Waals surface area contributed by atoms with Crippen LogP contribution in [0.4, 0.5) is 4.39 Å². The van der Waals surface area contributed by atoms with Gasteiger partial charge in [0.05, 0.1) is 5.02 Å². The molecule has 0 unspecified atom stereocenters. The highest BCUT2D eigenvalue weighted by Crippen LogP contribution is 2.17. The lowest BCUT2D eigenvalue weighted by Gasteiger charge is -1.94. The quantitative estimate of drug-likeness (QED) is 0.575. The van der Waals surface area contributed by atoms with Crippen molar-refractivity contribution in [3.8, 4) is 0 Å². The van der Waals surface area contributed by atoms with Crippen LogP contribution >= 0.6 is 11.6 Å². The first-order valence-corrected chi connectivity index (χ1v) is 2.95. The fourth-order valence-electron chi connectivity index (χ4n) is 0.583. The lowest BCUT2D eigenvalue weighted by Crippen LogP contribution is -1.84. The van der Waals surface area contributed by atoms with Gasteiger partial charge in [-0.2, -0.15) is 0 Å². The Bertz CT molecular complexity index is 300. The standard InChI is InChI=1S/C7H4ClFO/c8-7-5(4-10)2-1-3-6(7)9/h1-4H/i4D. The van der Waals surface area contributed by atoms with Gasteiger partial charge in [0.25, 0.3) is 0 Å². The van der Waals surface area contributed by atoms with Crippen LogP contribution in [0.15, 0.2) is 18.2 Å². The summed E-state index contributed by atoms with van der Waals surface area (Å²) < 4.78 is 19.2. The molecule has 0 amide bonds. The monoisotopic (exact) mass is 159 g/mol. The van der Waals surface area contributed by atoms with Crippen molar-refractivity contribution >= 4 is 17.9 Å². The van der Waals surface area contributed by atoms with Gasteiger partial charge in [-0.15, -0.1) is 0 Å². The molecule has 0 aliphatic heterocycles. The first-order valence-electron chi connectivity index (χ1n) is 3.08. The van der Waals surface area contributed by atoms with Crippen LogP contribution in [-0.2, 0) is 0 Å². The highest BCUT2D eigenvalue weighted by Gasteiger charge is 2.02. The smallest absolute Gasteiger partial charge is 0.151 e. The predicted octanol–water partition coefficient (Wildman–Crippen LogP) is 2.29.